The van der Waals surface area contributed by atoms with E-state index in [9.17, 15) is 13.2 Å². The Morgan fingerprint density at radius 3 is 2.07 bits per heavy atom. The SMILES string of the molecule is CN(C)c1cccc2c(S(=O)(=O)NNC(=O)C3C(C)(C)C3(C)C)cccc12. The lowest BCUT2D eigenvalue weighted by atomic mass is 10.0. The van der Waals surface area contributed by atoms with Crippen molar-refractivity contribution in [3.05, 3.63) is 36.4 Å². The number of amides is 1. The van der Waals surface area contributed by atoms with Gasteiger partial charge in [0.05, 0.1) is 10.8 Å². The van der Waals surface area contributed by atoms with Gasteiger partial charge in [-0.25, -0.2) is 8.42 Å². The van der Waals surface area contributed by atoms with Crippen LogP contribution in [-0.4, -0.2) is 28.4 Å². The minimum atomic E-state index is -3.91. The van der Waals surface area contributed by atoms with Gasteiger partial charge in [0.2, 0.25) is 5.91 Å². The summed E-state index contributed by atoms with van der Waals surface area (Å²) < 4.78 is 25.7. The Kier molecular flexibility index (Phi) is 4.51. The molecule has 0 heterocycles. The van der Waals surface area contributed by atoms with Crippen molar-refractivity contribution in [3.63, 3.8) is 0 Å². The zero-order valence-electron chi connectivity index (χ0n) is 16.6. The highest BCUT2D eigenvalue weighted by atomic mass is 32.2. The molecule has 1 amide bonds. The van der Waals surface area contributed by atoms with Gasteiger partial charge in [-0.05, 0) is 23.0 Å². The molecular formula is C20H27N3O3S. The molecular weight excluding hydrogens is 362 g/mol. The molecule has 1 fully saturated rings. The van der Waals surface area contributed by atoms with E-state index in [1.54, 1.807) is 18.2 Å². The maximum Gasteiger partial charge on any atom is 0.257 e. The zero-order valence-corrected chi connectivity index (χ0v) is 17.4. The third-order valence-corrected chi connectivity index (χ3v) is 7.53. The summed E-state index contributed by atoms with van der Waals surface area (Å²) in [5.74, 6) is -0.539. The molecule has 0 unspecified atom stereocenters. The van der Waals surface area contributed by atoms with Crippen LogP contribution in [0.5, 0.6) is 0 Å². The molecule has 1 aliphatic carbocycles. The number of fused-ring (bicyclic) bond motifs is 1. The van der Waals surface area contributed by atoms with Crippen molar-refractivity contribution in [2.45, 2.75) is 32.6 Å². The quantitative estimate of drug-likeness (QED) is 0.771. The third kappa shape index (κ3) is 3.08. The standard InChI is InChI=1S/C20H27N3O3S/c1-19(2)17(20(19,3)4)18(24)21-22-27(25,26)16-12-8-9-13-14(16)10-7-11-15(13)23(5)6/h7-12,17,22H,1-6H3,(H,21,24). The number of hydrazine groups is 1. The molecule has 2 N–H and O–H groups in total. The molecule has 0 bridgehead atoms. The largest absolute Gasteiger partial charge is 0.377 e. The Hall–Kier alpha value is -2.12. The van der Waals surface area contributed by atoms with E-state index in [-0.39, 0.29) is 27.6 Å². The number of hydrogen-bond acceptors (Lipinski definition) is 4. The first-order valence-corrected chi connectivity index (χ1v) is 10.4. The predicted molar refractivity (Wildman–Crippen MR) is 108 cm³/mol. The maximum atomic E-state index is 12.9. The molecule has 0 atom stereocenters. The predicted octanol–water partition coefficient (Wildman–Crippen LogP) is 2.90. The van der Waals surface area contributed by atoms with Crippen LogP contribution in [0.25, 0.3) is 10.8 Å². The average Bonchev–Trinajstić information content (AvgIpc) is 3.00. The fraction of sp³-hybridized carbons (Fsp3) is 0.450. The van der Waals surface area contributed by atoms with Gasteiger partial charge in [0, 0.05) is 30.6 Å². The Morgan fingerprint density at radius 2 is 1.52 bits per heavy atom. The molecule has 2 aromatic rings. The van der Waals surface area contributed by atoms with E-state index in [2.05, 4.69) is 10.3 Å². The number of nitrogens with one attached hydrogen (secondary N) is 2. The lowest BCUT2D eigenvalue weighted by Gasteiger charge is -2.17. The van der Waals surface area contributed by atoms with Crippen molar-refractivity contribution < 1.29 is 13.2 Å². The van der Waals surface area contributed by atoms with Gasteiger partial charge >= 0.3 is 0 Å². The number of rotatable bonds is 5. The van der Waals surface area contributed by atoms with Crippen molar-refractivity contribution in [2.24, 2.45) is 16.7 Å². The van der Waals surface area contributed by atoms with Gasteiger partial charge in [-0.2, -0.15) is 0 Å². The van der Waals surface area contributed by atoms with Crippen LogP contribution in [0.3, 0.4) is 0 Å². The lowest BCUT2D eigenvalue weighted by Crippen LogP contribution is -2.43. The van der Waals surface area contributed by atoms with E-state index in [1.165, 1.54) is 0 Å². The summed E-state index contributed by atoms with van der Waals surface area (Å²) in [5, 5.41) is 1.44. The Bertz CT molecular complexity index is 996. The van der Waals surface area contributed by atoms with Crippen molar-refractivity contribution in [3.8, 4) is 0 Å². The molecule has 0 spiro atoms. The van der Waals surface area contributed by atoms with Gasteiger partial charge in [-0.1, -0.05) is 52.0 Å². The van der Waals surface area contributed by atoms with Crippen LogP contribution in [0.1, 0.15) is 27.7 Å². The minimum absolute atomic E-state index is 0.137. The molecule has 146 valence electrons. The Morgan fingerprint density at radius 1 is 0.963 bits per heavy atom. The molecule has 0 aromatic heterocycles. The molecule has 1 saturated carbocycles. The van der Waals surface area contributed by atoms with Gasteiger partial charge in [0.25, 0.3) is 10.0 Å². The van der Waals surface area contributed by atoms with E-state index in [1.807, 2.05) is 64.9 Å². The Balaban J connectivity index is 1.88. The van der Waals surface area contributed by atoms with Gasteiger partial charge < -0.3 is 4.90 Å². The molecule has 0 saturated heterocycles. The normalized spacial score (nSPS) is 18.3. The number of hydrogen-bond donors (Lipinski definition) is 2. The van der Waals surface area contributed by atoms with E-state index >= 15 is 0 Å². The van der Waals surface area contributed by atoms with Crippen molar-refractivity contribution in [2.75, 3.05) is 19.0 Å². The first kappa shape index (κ1) is 19.6. The number of carbonyl (C=O) groups excluding carboxylic acids is 1. The van der Waals surface area contributed by atoms with Crippen LogP contribution >= 0.6 is 0 Å². The number of benzene rings is 2. The number of nitrogens with zero attached hydrogens (tertiary/aromatic N) is 1. The van der Waals surface area contributed by atoms with Crippen LogP contribution in [0.4, 0.5) is 5.69 Å². The third-order valence-electron chi connectivity index (χ3n) is 6.22. The summed E-state index contributed by atoms with van der Waals surface area (Å²) in [4.78, 5) is 16.8. The van der Waals surface area contributed by atoms with Crippen LogP contribution in [-0.2, 0) is 14.8 Å². The number of sulfonamides is 1. The van der Waals surface area contributed by atoms with Crippen molar-refractivity contribution in [1.82, 2.24) is 10.3 Å². The van der Waals surface area contributed by atoms with Gasteiger partial charge in [0.15, 0.2) is 0 Å². The smallest absolute Gasteiger partial charge is 0.257 e. The van der Waals surface area contributed by atoms with Crippen LogP contribution in [0.2, 0.25) is 0 Å². The lowest BCUT2D eigenvalue weighted by molar-refractivity contribution is -0.123. The van der Waals surface area contributed by atoms with Crippen molar-refractivity contribution in [1.29, 1.82) is 0 Å². The summed E-state index contributed by atoms with van der Waals surface area (Å²) in [7, 11) is -0.0846. The summed E-state index contributed by atoms with van der Waals surface area (Å²) in [5.41, 5.74) is 3.01. The molecule has 3 rings (SSSR count). The van der Waals surface area contributed by atoms with Crippen LogP contribution < -0.4 is 15.2 Å². The Labute approximate surface area is 161 Å². The maximum absolute atomic E-state index is 12.9. The van der Waals surface area contributed by atoms with Crippen molar-refractivity contribution >= 4 is 32.4 Å². The highest BCUT2D eigenvalue weighted by Crippen LogP contribution is 2.68. The van der Waals surface area contributed by atoms with Gasteiger partial charge in [-0.15, -0.1) is 4.83 Å². The molecule has 27 heavy (non-hydrogen) atoms. The number of anilines is 1. The molecule has 6 nitrogen and oxygen atoms in total. The van der Waals surface area contributed by atoms with E-state index in [0.29, 0.717) is 5.39 Å². The highest BCUT2D eigenvalue weighted by Gasteiger charge is 2.68. The summed E-state index contributed by atoms with van der Waals surface area (Å²) in [6.45, 7) is 8.05. The second-order valence-electron chi connectivity index (χ2n) is 8.49. The summed E-state index contributed by atoms with van der Waals surface area (Å²) in [6.07, 6.45) is 0. The first-order valence-electron chi connectivity index (χ1n) is 8.92. The second kappa shape index (κ2) is 6.21. The monoisotopic (exact) mass is 389 g/mol. The molecule has 0 radical (unpaired) electrons. The summed E-state index contributed by atoms with van der Waals surface area (Å²) in [6, 6.07) is 10.7. The van der Waals surface area contributed by atoms with Gasteiger partial charge in [0.1, 0.15) is 0 Å². The fourth-order valence-corrected chi connectivity index (χ4v) is 5.06. The van der Waals surface area contributed by atoms with Crippen LogP contribution in [0, 0.1) is 16.7 Å². The fourth-order valence-electron chi connectivity index (χ4n) is 3.99. The van der Waals surface area contributed by atoms with E-state index in [0.717, 1.165) is 11.1 Å². The second-order valence-corrected chi connectivity index (χ2v) is 10.1. The highest BCUT2D eigenvalue weighted by molar-refractivity contribution is 7.89. The molecule has 0 aliphatic heterocycles. The minimum Gasteiger partial charge on any atom is -0.377 e. The van der Waals surface area contributed by atoms with Crippen LogP contribution in [0.15, 0.2) is 41.3 Å². The summed E-state index contributed by atoms with van der Waals surface area (Å²) >= 11 is 0. The van der Waals surface area contributed by atoms with E-state index < -0.39 is 10.0 Å². The first-order chi connectivity index (χ1) is 12.4. The van der Waals surface area contributed by atoms with Gasteiger partial charge in [-0.3, -0.25) is 10.2 Å². The van der Waals surface area contributed by atoms with E-state index in [4.69, 9.17) is 0 Å². The average molecular weight is 390 g/mol. The topological polar surface area (TPSA) is 78.5 Å². The molecule has 2 aromatic carbocycles. The molecule has 1 aliphatic rings. The molecule has 7 heteroatoms. The number of carbonyl (C=O) groups is 1. The zero-order chi connectivity index (χ0) is 20.2.